The topological polar surface area (TPSA) is 32.3 Å². The summed E-state index contributed by atoms with van der Waals surface area (Å²) in [5.74, 6) is 0.301. The standard InChI is InChI=1S/C14H22N2OS/c1-11-6-10-18-14(11)12(2)15-7-5-13(17)16-8-3-4-9-16/h6,10,12,15H,3-5,7-9H2,1-2H3. The maximum absolute atomic E-state index is 11.9. The number of carbonyl (C=O) groups excluding carboxylic acids is 1. The molecular formula is C14H22N2OS. The van der Waals surface area contributed by atoms with E-state index >= 15 is 0 Å². The number of thiophene rings is 1. The van der Waals surface area contributed by atoms with E-state index < -0.39 is 0 Å². The van der Waals surface area contributed by atoms with Gasteiger partial charge in [-0.05, 0) is 43.7 Å². The molecule has 0 saturated carbocycles. The Hall–Kier alpha value is -0.870. The van der Waals surface area contributed by atoms with E-state index in [1.165, 1.54) is 23.3 Å². The van der Waals surface area contributed by atoms with Crippen molar-refractivity contribution in [2.75, 3.05) is 19.6 Å². The van der Waals surface area contributed by atoms with E-state index in [2.05, 4.69) is 30.6 Å². The molecule has 0 aromatic carbocycles. The van der Waals surface area contributed by atoms with Gasteiger partial charge in [-0.15, -0.1) is 11.3 Å². The third-order valence-electron chi connectivity index (χ3n) is 3.54. The molecule has 1 atom stereocenters. The van der Waals surface area contributed by atoms with E-state index in [1.807, 2.05) is 4.90 Å². The van der Waals surface area contributed by atoms with Gasteiger partial charge in [0, 0.05) is 37.0 Å². The summed E-state index contributed by atoms with van der Waals surface area (Å²) in [4.78, 5) is 15.2. The first kappa shape index (κ1) is 13.6. The summed E-state index contributed by atoms with van der Waals surface area (Å²) in [7, 11) is 0. The van der Waals surface area contributed by atoms with Gasteiger partial charge in [0.2, 0.25) is 5.91 Å². The summed E-state index contributed by atoms with van der Waals surface area (Å²) in [5, 5.41) is 5.57. The van der Waals surface area contributed by atoms with Crippen molar-refractivity contribution in [1.29, 1.82) is 0 Å². The van der Waals surface area contributed by atoms with E-state index in [0.29, 0.717) is 18.4 Å². The van der Waals surface area contributed by atoms with Crippen LogP contribution in [0.5, 0.6) is 0 Å². The molecule has 2 heterocycles. The van der Waals surface area contributed by atoms with Crippen LogP contribution in [-0.4, -0.2) is 30.4 Å². The number of rotatable bonds is 5. The predicted molar refractivity (Wildman–Crippen MR) is 75.9 cm³/mol. The van der Waals surface area contributed by atoms with Crippen molar-refractivity contribution >= 4 is 17.2 Å². The molecule has 100 valence electrons. The minimum absolute atomic E-state index is 0.301. The second-order valence-electron chi connectivity index (χ2n) is 4.98. The fourth-order valence-corrected chi connectivity index (χ4v) is 3.40. The van der Waals surface area contributed by atoms with E-state index in [9.17, 15) is 4.79 Å². The molecule has 3 nitrogen and oxygen atoms in total. The number of likely N-dealkylation sites (tertiary alicyclic amines) is 1. The number of nitrogens with zero attached hydrogens (tertiary/aromatic N) is 1. The highest BCUT2D eigenvalue weighted by molar-refractivity contribution is 7.10. The van der Waals surface area contributed by atoms with Crippen LogP contribution in [-0.2, 0) is 4.79 Å². The van der Waals surface area contributed by atoms with Gasteiger partial charge in [-0.25, -0.2) is 0 Å². The maximum atomic E-state index is 11.9. The molecule has 0 spiro atoms. The summed E-state index contributed by atoms with van der Waals surface area (Å²) in [6.45, 7) is 6.99. The van der Waals surface area contributed by atoms with Gasteiger partial charge >= 0.3 is 0 Å². The third kappa shape index (κ3) is 3.33. The van der Waals surface area contributed by atoms with Gasteiger partial charge in [-0.2, -0.15) is 0 Å². The average molecular weight is 266 g/mol. The molecule has 1 aliphatic heterocycles. The molecule has 2 rings (SSSR count). The lowest BCUT2D eigenvalue weighted by atomic mass is 10.2. The van der Waals surface area contributed by atoms with Crippen LogP contribution in [0.25, 0.3) is 0 Å². The number of nitrogens with one attached hydrogen (secondary N) is 1. The van der Waals surface area contributed by atoms with Crippen molar-refractivity contribution < 1.29 is 4.79 Å². The minimum atomic E-state index is 0.301. The van der Waals surface area contributed by atoms with Crippen LogP contribution in [0.2, 0.25) is 0 Å². The highest BCUT2D eigenvalue weighted by Gasteiger charge is 2.17. The normalized spacial score (nSPS) is 17.1. The molecule has 1 N–H and O–H groups in total. The largest absolute Gasteiger partial charge is 0.343 e. The number of aryl methyl sites for hydroxylation is 1. The first-order chi connectivity index (χ1) is 8.68. The van der Waals surface area contributed by atoms with E-state index in [0.717, 1.165) is 19.6 Å². The zero-order chi connectivity index (χ0) is 13.0. The Bertz CT molecular complexity index is 396. The molecule has 1 unspecified atom stereocenters. The summed E-state index contributed by atoms with van der Waals surface area (Å²) in [6.07, 6.45) is 2.96. The molecule has 1 saturated heterocycles. The first-order valence-corrected chi connectivity index (χ1v) is 7.61. The van der Waals surface area contributed by atoms with Gasteiger partial charge in [-0.1, -0.05) is 0 Å². The monoisotopic (exact) mass is 266 g/mol. The maximum Gasteiger partial charge on any atom is 0.223 e. The molecule has 18 heavy (non-hydrogen) atoms. The minimum Gasteiger partial charge on any atom is -0.343 e. The van der Waals surface area contributed by atoms with Crippen molar-refractivity contribution in [2.24, 2.45) is 0 Å². The Morgan fingerprint density at radius 1 is 1.50 bits per heavy atom. The molecule has 0 bridgehead atoms. The number of amides is 1. The number of hydrogen-bond acceptors (Lipinski definition) is 3. The summed E-state index contributed by atoms with van der Waals surface area (Å²) in [6, 6.07) is 2.49. The van der Waals surface area contributed by atoms with E-state index in [4.69, 9.17) is 0 Å². The lowest BCUT2D eigenvalue weighted by Gasteiger charge is -2.17. The quantitative estimate of drug-likeness (QED) is 0.888. The molecule has 1 aromatic heterocycles. The molecule has 4 heteroatoms. The molecule has 1 aromatic rings. The van der Waals surface area contributed by atoms with Crippen LogP contribution in [0.1, 0.15) is 42.7 Å². The van der Waals surface area contributed by atoms with Crippen LogP contribution in [0, 0.1) is 6.92 Å². The van der Waals surface area contributed by atoms with Gasteiger partial charge < -0.3 is 10.2 Å². The zero-order valence-corrected chi connectivity index (χ0v) is 12.1. The smallest absolute Gasteiger partial charge is 0.223 e. The Kier molecular flexibility index (Phi) is 4.78. The highest BCUT2D eigenvalue weighted by atomic mass is 32.1. The zero-order valence-electron chi connectivity index (χ0n) is 11.2. The van der Waals surface area contributed by atoms with Crippen LogP contribution in [0.4, 0.5) is 0 Å². The lowest BCUT2D eigenvalue weighted by Crippen LogP contribution is -2.31. The van der Waals surface area contributed by atoms with Crippen molar-refractivity contribution in [3.8, 4) is 0 Å². The van der Waals surface area contributed by atoms with Crippen molar-refractivity contribution in [1.82, 2.24) is 10.2 Å². The Morgan fingerprint density at radius 3 is 2.83 bits per heavy atom. The van der Waals surface area contributed by atoms with Gasteiger partial charge in [0.25, 0.3) is 0 Å². The first-order valence-electron chi connectivity index (χ1n) is 6.73. The number of hydrogen-bond donors (Lipinski definition) is 1. The second kappa shape index (κ2) is 6.34. The van der Waals surface area contributed by atoms with Crippen molar-refractivity contribution in [3.63, 3.8) is 0 Å². The van der Waals surface area contributed by atoms with Crippen molar-refractivity contribution in [2.45, 2.75) is 39.2 Å². The summed E-state index contributed by atoms with van der Waals surface area (Å²) in [5.41, 5.74) is 1.34. The average Bonchev–Trinajstić information content (AvgIpc) is 2.99. The molecule has 0 radical (unpaired) electrons. The van der Waals surface area contributed by atoms with Crippen LogP contribution < -0.4 is 5.32 Å². The van der Waals surface area contributed by atoms with Crippen LogP contribution >= 0.6 is 11.3 Å². The third-order valence-corrected chi connectivity index (χ3v) is 4.74. The molecule has 1 amide bonds. The van der Waals surface area contributed by atoms with E-state index in [1.54, 1.807) is 11.3 Å². The van der Waals surface area contributed by atoms with Crippen LogP contribution in [0.15, 0.2) is 11.4 Å². The fourth-order valence-electron chi connectivity index (χ4n) is 2.44. The highest BCUT2D eigenvalue weighted by Crippen LogP contribution is 2.23. The SMILES string of the molecule is Cc1ccsc1C(C)NCCC(=O)N1CCCC1. The molecule has 1 fully saturated rings. The van der Waals surface area contributed by atoms with Crippen LogP contribution in [0.3, 0.4) is 0 Å². The predicted octanol–water partition coefficient (Wildman–Crippen LogP) is 2.72. The van der Waals surface area contributed by atoms with Gasteiger partial charge in [0.05, 0.1) is 0 Å². The van der Waals surface area contributed by atoms with Gasteiger partial charge in [0.1, 0.15) is 0 Å². The van der Waals surface area contributed by atoms with Gasteiger partial charge in [0.15, 0.2) is 0 Å². The van der Waals surface area contributed by atoms with Crippen molar-refractivity contribution in [3.05, 3.63) is 21.9 Å². The number of carbonyl (C=O) groups is 1. The fraction of sp³-hybridized carbons (Fsp3) is 0.643. The van der Waals surface area contributed by atoms with E-state index in [-0.39, 0.29) is 0 Å². The second-order valence-corrected chi connectivity index (χ2v) is 5.93. The molecular weight excluding hydrogens is 244 g/mol. The summed E-state index contributed by atoms with van der Waals surface area (Å²) < 4.78 is 0. The Labute approximate surface area is 113 Å². The summed E-state index contributed by atoms with van der Waals surface area (Å²) >= 11 is 1.78. The van der Waals surface area contributed by atoms with Gasteiger partial charge in [-0.3, -0.25) is 4.79 Å². The lowest BCUT2D eigenvalue weighted by molar-refractivity contribution is -0.130. The molecule has 0 aliphatic carbocycles. The Morgan fingerprint density at radius 2 is 2.22 bits per heavy atom. The molecule has 1 aliphatic rings. The Balaban J connectivity index is 1.72.